The molecule has 1 saturated heterocycles. The summed E-state index contributed by atoms with van der Waals surface area (Å²) in [5.41, 5.74) is 2.01. The molecule has 4 rings (SSSR count). The minimum Gasteiger partial charge on any atom is -0.497 e. The molecule has 2 aromatic heterocycles. The second-order valence-corrected chi connectivity index (χ2v) is 7.70. The van der Waals surface area contributed by atoms with Crippen molar-refractivity contribution in [2.24, 2.45) is 5.92 Å². The summed E-state index contributed by atoms with van der Waals surface area (Å²) in [5.74, 6) is 2.36. The van der Waals surface area contributed by atoms with Crippen LogP contribution in [0, 0.1) is 5.92 Å². The molecule has 0 N–H and O–H groups in total. The van der Waals surface area contributed by atoms with Gasteiger partial charge in [0.1, 0.15) is 16.6 Å². The van der Waals surface area contributed by atoms with Gasteiger partial charge in [0.2, 0.25) is 0 Å². The number of hydrogen-bond acceptors (Lipinski definition) is 5. The highest BCUT2D eigenvalue weighted by Gasteiger charge is 2.20. The number of methoxy groups -OCH3 is 1. The van der Waals surface area contributed by atoms with E-state index in [4.69, 9.17) is 9.72 Å². The van der Waals surface area contributed by atoms with Crippen molar-refractivity contribution in [1.29, 1.82) is 0 Å². The number of piperidine rings is 1. The van der Waals surface area contributed by atoms with Crippen LogP contribution in [0.25, 0.3) is 20.8 Å². The highest BCUT2D eigenvalue weighted by molar-refractivity contribution is 7.21. The van der Waals surface area contributed by atoms with Crippen LogP contribution in [0.4, 0.5) is 10.2 Å². The molecule has 6 heteroatoms. The Labute approximate surface area is 156 Å². The smallest absolute Gasteiger partial charge is 0.128 e. The van der Waals surface area contributed by atoms with Crippen molar-refractivity contribution in [1.82, 2.24) is 9.97 Å². The molecule has 1 aliphatic rings. The molecule has 0 aliphatic carbocycles. The van der Waals surface area contributed by atoms with Crippen LogP contribution >= 0.6 is 11.3 Å². The van der Waals surface area contributed by atoms with Gasteiger partial charge >= 0.3 is 0 Å². The van der Waals surface area contributed by atoms with Crippen molar-refractivity contribution >= 4 is 27.4 Å². The van der Waals surface area contributed by atoms with Crippen LogP contribution in [0.5, 0.6) is 5.75 Å². The highest BCUT2D eigenvalue weighted by atomic mass is 32.1. The molecule has 0 amide bonds. The van der Waals surface area contributed by atoms with Gasteiger partial charge in [0.15, 0.2) is 0 Å². The third kappa shape index (κ3) is 3.51. The van der Waals surface area contributed by atoms with E-state index in [0.717, 1.165) is 58.3 Å². The number of anilines is 1. The monoisotopic (exact) mass is 371 g/mol. The third-order valence-electron chi connectivity index (χ3n) is 5.05. The van der Waals surface area contributed by atoms with Crippen molar-refractivity contribution in [3.63, 3.8) is 0 Å². The lowest BCUT2D eigenvalue weighted by atomic mass is 9.94. The number of ether oxygens (including phenoxy) is 1. The van der Waals surface area contributed by atoms with Gasteiger partial charge in [-0.05, 0) is 55.5 Å². The molecular formula is C20H22FN3OS. The number of hydrogen-bond donors (Lipinski definition) is 0. The first-order chi connectivity index (χ1) is 12.8. The minimum atomic E-state index is -0.203. The summed E-state index contributed by atoms with van der Waals surface area (Å²) in [4.78, 5) is 11.6. The Morgan fingerprint density at radius 3 is 2.77 bits per heavy atom. The Morgan fingerprint density at radius 2 is 2.08 bits per heavy atom. The van der Waals surface area contributed by atoms with E-state index < -0.39 is 0 Å². The van der Waals surface area contributed by atoms with Crippen molar-refractivity contribution in [3.8, 4) is 16.3 Å². The van der Waals surface area contributed by atoms with E-state index in [1.165, 1.54) is 0 Å². The number of thiazole rings is 1. The summed E-state index contributed by atoms with van der Waals surface area (Å²) in [6, 6.07) is 10.1. The predicted octanol–water partition coefficient (Wildman–Crippen LogP) is 4.94. The van der Waals surface area contributed by atoms with E-state index in [-0.39, 0.29) is 6.67 Å². The minimum absolute atomic E-state index is 0.203. The highest BCUT2D eigenvalue weighted by Crippen LogP contribution is 2.33. The number of fused-ring (bicyclic) bond motifs is 1. The predicted molar refractivity (Wildman–Crippen MR) is 105 cm³/mol. The van der Waals surface area contributed by atoms with Crippen molar-refractivity contribution in [3.05, 3.63) is 36.5 Å². The van der Waals surface area contributed by atoms with Gasteiger partial charge in [-0.2, -0.15) is 0 Å². The Balaban J connectivity index is 1.49. The van der Waals surface area contributed by atoms with Gasteiger partial charge in [-0.25, -0.2) is 9.97 Å². The zero-order valence-corrected chi connectivity index (χ0v) is 15.6. The van der Waals surface area contributed by atoms with Crippen LogP contribution in [0.15, 0.2) is 36.5 Å². The zero-order chi connectivity index (χ0) is 17.9. The standard InChI is InChI=1S/C20H22FN3OS/c1-25-16-3-4-17-18(12-16)26-20(23-17)15-2-5-19(22-13-15)24-10-7-14(6-9-21)8-11-24/h2-5,12-14H,6-11H2,1H3. The summed E-state index contributed by atoms with van der Waals surface area (Å²) in [7, 11) is 1.67. The molecular weight excluding hydrogens is 349 g/mol. The van der Waals surface area contributed by atoms with E-state index in [1.807, 2.05) is 24.4 Å². The first-order valence-electron chi connectivity index (χ1n) is 8.99. The fraction of sp³-hybridized carbons (Fsp3) is 0.400. The summed E-state index contributed by atoms with van der Waals surface area (Å²) >= 11 is 1.65. The summed E-state index contributed by atoms with van der Waals surface area (Å²) in [5, 5.41) is 0.967. The van der Waals surface area contributed by atoms with Crippen molar-refractivity contribution in [2.75, 3.05) is 31.8 Å². The number of rotatable bonds is 5. The Bertz CT molecular complexity index is 872. The average Bonchev–Trinajstić information content (AvgIpc) is 3.12. The number of halogens is 1. The molecule has 1 aromatic carbocycles. The largest absolute Gasteiger partial charge is 0.497 e. The molecule has 0 radical (unpaired) electrons. The molecule has 0 unspecified atom stereocenters. The maximum Gasteiger partial charge on any atom is 0.128 e. The Morgan fingerprint density at radius 1 is 1.23 bits per heavy atom. The third-order valence-corrected chi connectivity index (χ3v) is 6.11. The number of nitrogens with zero attached hydrogens (tertiary/aromatic N) is 3. The average molecular weight is 371 g/mol. The van der Waals surface area contributed by atoms with E-state index >= 15 is 0 Å². The topological polar surface area (TPSA) is 38.2 Å². The number of pyridine rings is 1. The Kier molecular flexibility index (Phi) is 5.02. The Hall–Kier alpha value is -2.21. The first kappa shape index (κ1) is 17.2. The van der Waals surface area contributed by atoms with Gasteiger partial charge in [-0.1, -0.05) is 0 Å². The second-order valence-electron chi connectivity index (χ2n) is 6.67. The zero-order valence-electron chi connectivity index (χ0n) is 14.8. The van der Waals surface area contributed by atoms with E-state index in [9.17, 15) is 4.39 Å². The summed E-state index contributed by atoms with van der Waals surface area (Å²) < 4.78 is 18.9. The van der Waals surface area contributed by atoms with E-state index in [0.29, 0.717) is 12.3 Å². The summed E-state index contributed by atoms with van der Waals surface area (Å²) in [6.07, 6.45) is 4.70. The normalized spacial score (nSPS) is 15.5. The quantitative estimate of drug-likeness (QED) is 0.636. The van der Waals surface area contributed by atoms with Crippen molar-refractivity contribution in [2.45, 2.75) is 19.3 Å². The van der Waals surface area contributed by atoms with Gasteiger partial charge in [0, 0.05) is 24.8 Å². The molecule has 136 valence electrons. The molecule has 0 spiro atoms. The van der Waals surface area contributed by atoms with Crippen LogP contribution in [-0.4, -0.2) is 36.8 Å². The van der Waals surface area contributed by atoms with Crippen LogP contribution in [0.2, 0.25) is 0 Å². The van der Waals surface area contributed by atoms with Gasteiger partial charge < -0.3 is 9.64 Å². The molecule has 26 heavy (non-hydrogen) atoms. The maximum atomic E-state index is 12.5. The molecule has 0 saturated carbocycles. The fourth-order valence-electron chi connectivity index (χ4n) is 3.46. The molecule has 3 aromatic rings. The van der Waals surface area contributed by atoms with E-state index in [1.54, 1.807) is 18.4 Å². The van der Waals surface area contributed by atoms with Gasteiger partial charge in [-0.3, -0.25) is 4.39 Å². The molecule has 4 nitrogen and oxygen atoms in total. The van der Waals surface area contributed by atoms with Crippen LogP contribution < -0.4 is 9.64 Å². The molecule has 3 heterocycles. The van der Waals surface area contributed by atoms with Gasteiger partial charge in [0.05, 0.1) is 24.0 Å². The SMILES string of the molecule is COc1ccc2nc(-c3ccc(N4CCC(CCF)CC4)nc3)sc2c1. The van der Waals surface area contributed by atoms with Crippen LogP contribution in [0.1, 0.15) is 19.3 Å². The van der Waals surface area contributed by atoms with Gasteiger partial charge in [0.25, 0.3) is 0 Å². The molecule has 0 bridgehead atoms. The second kappa shape index (κ2) is 7.58. The lowest BCUT2D eigenvalue weighted by Crippen LogP contribution is -2.34. The van der Waals surface area contributed by atoms with Gasteiger partial charge in [-0.15, -0.1) is 11.3 Å². The molecule has 1 aliphatic heterocycles. The lowest BCUT2D eigenvalue weighted by molar-refractivity contribution is 0.332. The fourth-order valence-corrected chi connectivity index (χ4v) is 4.44. The van der Waals surface area contributed by atoms with Crippen molar-refractivity contribution < 1.29 is 9.13 Å². The summed E-state index contributed by atoms with van der Waals surface area (Å²) in [6.45, 7) is 1.71. The number of aromatic nitrogens is 2. The first-order valence-corrected chi connectivity index (χ1v) is 9.80. The number of alkyl halides is 1. The molecule has 0 atom stereocenters. The van der Waals surface area contributed by atoms with Crippen LogP contribution in [0.3, 0.4) is 0 Å². The van der Waals surface area contributed by atoms with Crippen LogP contribution in [-0.2, 0) is 0 Å². The molecule has 1 fully saturated rings. The maximum absolute atomic E-state index is 12.5. The van der Waals surface area contributed by atoms with E-state index in [2.05, 4.69) is 22.0 Å². The lowest BCUT2D eigenvalue weighted by Gasteiger charge is -2.32. The number of benzene rings is 1.